The van der Waals surface area contributed by atoms with Crippen LogP contribution in [0.5, 0.6) is 0 Å². The van der Waals surface area contributed by atoms with Crippen LogP contribution in [0.2, 0.25) is 0 Å². The lowest BCUT2D eigenvalue weighted by Gasteiger charge is -2.29. The molecule has 0 spiro atoms. The van der Waals surface area contributed by atoms with Gasteiger partial charge in [0, 0.05) is 51.0 Å². The third kappa shape index (κ3) is 57.2. The van der Waals surface area contributed by atoms with Crippen LogP contribution in [0.3, 0.4) is 0 Å². The van der Waals surface area contributed by atoms with Crippen LogP contribution in [0.15, 0.2) is 12.5 Å². The second-order valence-corrected chi connectivity index (χ2v) is 40.5. The highest BCUT2D eigenvalue weighted by molar-refractivity contribution is 6.01. The molecule has 0 saturated heterocycles. The summed E-state index contributed by atoms with van der Waals surface area (Å²) in [4.78, 5) is 252. The third-order valence-corrected chi connectivity index (χ3v) is 23.4. The molecule has 150 heavy (non-hydrogen) atoms. The van der Waals surface area contributed by atoms with Crippen molar-refractivity contribution in [2.24, 2.45) is 87.3 Å². The topological polar surface area (TPSA) is 939 Å². The normalized spacial score (nSPS) is 14.7. The van der Waals surface area contributed by atoms with Crippen molar-refractivity contribution in [2.45, 2.75) is 354 Å². The van der Waals surface area contributed by atoms with Gasteiger partial charge >= 0.3 is 5.97 Å². The summed E-state index contributed by atoms with van der Waals surface area (Å²) in [5, 5.41) is 115. The molecule has 0 aliphatic rings. The fraction of sp³-hybridized carbons (Fsp3) is 0.737. The average Bonchev–Trinajstić information content (AvgIpc) is 1.14. The number of aliphatic hydroxyl groups excluding tert-OH is 1. The predicted octanol–water partition coefficient (Wildman–Crippen LogP) is -6.36. The Bertz CT molecular complexity index is 4470. The number of aromatic amines is 1. The molecule has 1 aromatic heterocycles. The van der Waals surface area contributed by atoms with Gasteiger partial charge in [0.1, 0.15) is 96.7 Å². The van der Waals surface area contributed by atoms with Crippen molar-refractivity contribution in [3.05, 3.63) is 18.2 Å². The number of nitrogens with one attached hydrogen (secondary N) is 27. The number of carbonyl (C=O) groups excluding carboxylic acids is 16. The molecule has 0 radical (unpaired) electrons. The number of H-pyrrole nitrogens is 1. The summed E-state index contributed by atoms with van der Waals surface area (Å²) in [5.74, 6) is -19.7. The van der Waals surface area contributed by atoms with Gasteiger partial charge in [0.15, 0.2) is 29.8 Å². The van der Waals surface area contributed by atoms with Crippen molar-refractivity contribution in [1.82, 2.24) is 122 Å². The summed E-state index contributed by atoms with van der Waals surface area (Å²) in [6.07, 6.45) is 3.31. The lowest BCUT2D eigenvalue weighted by Crippen LogP contribution is -2.61. The number of amides is 16. The Labute approximate surface area is 878 Å². The first-order chi connectivity index (χ1) is 70.4. The number of hydrogen-bond acceptors (Lipinski definition) is 27. The van der Waals surface area contributed by atoms with Gasteiger partial charge in [-0.25, -0.2) is 9.78 Å². The molecular weight excluding hydrogens is 1950 g/mol. The molecule has 0 bridgehead atoms. The van der Waals surface area contributed by atoms with Gasteiger partial charge in [-0.2, -0.15) is 0 Å². The molecule has 0 saturated carbocycles. The minimum Gasteiger partial charge on any atom is -0.480 e. The minimum atomic E-state index is -1.85. The van der Waals surface area contributed by atoms with E-state index in [1.165, 1.54) is 19.4 Å². The maximum atomic E-state index is 15.1. The number of aliphatic hydroxyl groups is 1. The van der Waals surface area contributed by atoms with Gasteiger partial charge in [0.25, 0.3) is 0 Å². The van der Waals surface area contributed by atoms with Crippen LogP contribution in [-0.2, 0) is 87.9 Å². The van der Waals surface area contributed by atoms with Crippen molar-refractivity contribution in [1.29, 1.82) is 27.0 Å². The van der Waals surface area contributed by atoms with Gasteiger partial charge < -0.3 is 173 Å². The van der Waals surface area contributed by atoms with E-state index in [9.17, 15) is 72.5 Å². The first kappa shape index (κ1) is 134. The first-order valence-electron chi connectivity index (χ1n) is 51.7. The molecule has 55 nitrogen and oxygen atoms in total. The van der Waals surface area contributed by atoms with Gasteiger partial charge in [-0.15, -0.1) is 0 Å². The Balaban J connectivity index is 3.90. The Morgan fingerprint density at radius 3 is 0.793 bits per heavy atom. The summed E-state index contributed by atoms with van der Waals surface area (Å²) in [6.45, 7) is 25.2. The third-order valence-electron chi connectivity index (χ3n) is 23.4. The molecule has 55 heteroatoms. The summed E-state index contributed by atoms with van der Waals surface area (Å²) in [6, 6.07) is -24.4. The van der Waals surface area contributed by atoms with E-state index < -0.39 is 234 Å². The number of unbranched alkanes of at least 4 members (excludes halogenated alkanes) is 2. The number of nitrogens with zero attached hydrogens (tertiary/aromatic N) is 1. The molecule has 1 rings (SSSR count). The summed E-state index contributed by atoms with van der Waals surface area (Å²) in [5.41, 5.74) is 46.1. The van der Waals surface area contributed by atoms with Crippen LogP contribution in [0.25, 0.3) is 0 Å². The van der Waals surface area contributed by atoms with E-state index >= 15 is 19.2 Å². The molecule has 852 valence electrons. The van der Waals surface area contributed by atoms with Gasteiger partial charge in [0.05, 0.1) is 19.0 Å². The lowest BCUT2D eigenvalue weighted by molar-refractivity contribution is -0.143. The van der Waals surface area contributed by atoms with Crippen molar-refractivity contribution in [3.8, 4) is 0 Å². The molecule has 45 N–H and O–H groups in total. The van der Waals surface area contributed by atoms with Gasteiger partial charge in [-0.3, -0.25) is 104 Å². The van der Waals surface area contributed by atoms with Crippen LogP contribution >= 0.6 is 0 Å². The smallest absolute Gasteiger partial charge is 0.326 e. The standard InChI is InChI=1S/C95H178N36O19/c1-49(2)39-58(98)75(134)117-65(31-24-38-114-95(107)108)82(141)131-73(55(13)14)89(148)123-64(30-23-37-113-94(105)106)81(140)124-66(40-50(3)4)83(142)116-56(15)74(133)130-72(47-132)88(147)128-70(45-57-46-109-48-115-57)87(146)127-68(42-52(7)8)85(144)122-62(28-21-35-111-92(101)102)78(137)119-60(26-17-19-33-97)79(138)125-67(41-51(5)6)84(143)121-61(27-20-34-110-91(99)100)77(136)118-59(25-16-18-32-96)76(135)120-63(29-22-36-112-93(103)104)80(139)126-69(43-53(9)10)86(145)129-71(90(149)150)44-54(11)12/h46,48-56,58-73,132H,16-45,47,96-98H2,1-15H3,(H,109,115)(H,116,142)(H,117,134)(H,118,136)(H,119,137)(H,120,135)(H,121,143)(H,122,144)(H,123,148)(H,124,140)(H,125,138)(H,126,139)(H,127,146)(H,128,147)(H,129,145)(H,130,133)(H,131,141)(H,149,150)(H4,99,100,110)(H4,101,102,111)(H4,103,104,112)(H4,105,106,113)(H4,107,108,114)/t56-,58-,59-,60-,61-,62-,63-,64-,65-,66-,67-,68-,69-,70-,71-,72-,73-/m0/s1. The van der Waals surface area contributed by atoms with Crippen LogP contribution < -0.4 is 158 Å². The quantitative estimate of drug-likeness (QED) is 0.0164. The zero-order chi connectivity index (χ0) is 114. The Morgan fingerprint density at radius 1 is 0.293 bits per heavy atom. The Kier molecular flexibility index (Phi) is 65.1. The second kappa shape index (κ2) is 72.7. The van der Waals surface area contributed by atoms with Crippen LogP contribution in [0, 0.1) is 68.5 Å². The number of imidazole rings is 1. The first-order valence-corrected chi connectivity index (χ1v) is 51.7. The molecule has 0 aromatic carbocycles. The molecule has 17 atom stereocenters. The number of aromatic nitrogens is 2. The van der Waals surface area contributed by atoms with E-state index in [1.54, 1.807) is 83.1 Å². The highest BCUT2D eigenvalue weighted by Crippen LogP contribution is 2.19. The number of rotatable bonds is 77. The second-order valence-electron chi connectivity index (χ2n) is 40.5. The van der Waals surface area contributed by atoms with Gasteiger partial charge in [-0.1, -0.05) is 96.9 Å². The Hall–Kier alpha value is -13.6. The molecule has 0 unspecified atom stereocenters. The summed E-state index contributed by atoms with van der Waals surface area (Å²) >= 11 is 0. The van der Waals surface area contributed by atoms with E-state index in [4.69, 9.17) is 72.9 Å². The number of nitrogens with two attached hydrogens (primary N) is 8. The van der Waals surface area contributed by atoms with Crippen molar-refractivity contribution < 1.29 is 91.7 Å². The van der Waals surface area contributed by atoms with E-state index in [1.807, 2.05) is 13.8 Å². The number of carboxylic acid groups (broad SMARTS) is 1. The molecule has 1 heterocycles. The summed E-state index contributed by atoms with van der Waals surface area (Å²) in [7, 11) is 0. The van der Waals surface area contributed by atoms with Crippen molar-refractivity contribution >= 4 is 130 Å². The zero-order valence-electron chi connectivity index (χ0n) is 89.8. The van der Waals surface area contributed by atoms with Gasteiger partial charge in [0.2, 0.25) is 94.5 Å². The number of guanidine groups is 5. The number of hydrogen-bond donors (Lipinski definition) is 37. The largest absolute Gasteiger partial charge is 0.480 e. The highest BCUT2D eigenvalue weighted by Gasteiger charge is 2.41. The van der Waals surface area contributed by atoms with E-state index in [-0.39, 0.29) is 227 Å². The molecule has 0 aliphatic carbocycles. The maximum Gasteiger partial charge on any atom is 0.326 e. The molecule has 0 fully saturated rings. The van der Waals surface area contributed by atoms with E-state index in [0.717, 1.165) is 0 Å². The SMILES string of the molecule is CC(C)C[C@H](NC(=O)[C@H](CC(C)C)NC(=O)[C@H](CCCNC(=N)N)NC(=O)[C@H](CCCCN)NC(=O)[C@H](CCCNC(=N)N)NC(=O)[C@H](CC(C)C)NC(=O)[C@H](CCCCN)NC(=O)[C@H](CCCNC(=N)N)NC(=O)[C@H](CC(C)C)NC(=O)[C@H](Cc1cnc[nH]1)NC(=O)[C@H](CO)NC(=O)[C@H](C)NC(=O)[C@H](CC(C)C)NC(=O)[C@H](CCCNC(=N)N)NC(=O)[C@@H](NC(=O)[C@H](CCCNC(=N)N)NC(=O)[C@@H](N)CC(C)C)C(C)C)C(=O)O. The Morgan fingerprint density at radius 2 is 0.527 bits per heavy atom. The van der Waals surface area contributed by atoms with Gasteiger partial charge in [-0.05, 0) is 203 Å². The molecule has 0 aliphatic heterocycles. The lowest BCUT2D eigenvalue weighted by atomic mass is 9.99. The van der Waals surface area contributed by atoms with Crippen molar-refractivity contribution in [2.75, 3.05) is 52.4 Å². The molecule has 16 amide bonds. The van der Waals surface area contributed by atoms with Crippen LogP contribution in [0.1, 0.15) is 251 Å². The van der Waals surface area contributed by atoms with E-state index in [2.05, 4.69) is 122 Å². The van der Waals surface area contributed by atoms with E-state index in [0.29, 0.717) is 19.3 Å². The maximum absolute atomic E-state index is 15.1. The highest BCUT2D eigenvalue weighted by atomic mass is 16.4. The number of aliphatic carboxylic acids is 1. The van der Waals surface area contributed by atoms with Crippen LogP contribution in [0.4, 0.5) is 0 Å². The predicted molar refractivity (Wildman–Crippen MR) is 565 cm³/mol. The fourth-order valence-corrected chi connectivity index (χ4v) is 15.7. The average molecular weight is 2130 g/mol. The zero-order valence-corrected chi connectivity index (χ0v) is 89.8. The number of carboxylic acids is 1. The summed E-state index contributed by atoms with van der Waals surface area (Å²) < 4.78 is 0. The van der Waals surface area contributed by atoms with Crippen LogP contribution in [-0.4, -0.2) is 306 Å². The number of carbonyl (C=O) groups is 17. The van der Waals surface area contributed by atoms with Crippen molar-refractivity contribution in [3.63, 3.8) is 0 Å². The molecule has 1 aromatic rings. The monoisotopic (exact) mass is 2130 g/mol. The fourth-order valence-electron chi connectivity index (χ4n) is 15.7. The minimum absolute atomic E-state index is 0.00771. The molecular formula is C95H178N36O19.